The van der Waals surface area contributed by atoms with E-state index in [0.29, 0.717) is 5.69 Å². The fourth-order valence-electron chi connectivity index (χ4n) is 4.77. The maximum Gasteiger partial charge on any atom is 0.266 e. The number of hydroxylamine groups is 1. The van der Waals surface area contributed by atoms with Gasteiger partial charge in [-0.25, -0.2) is 9.96 Å². The molecule has 2 aromatic carbocycles. The minimum Gasteiger partial charge on any atom is -0.273 e. The molecule has 0 aromatic heterocycles. The standard InChI is InChI=1S/C25H30N2O3/c1-4-6-10-18(5-2)22-21-23(30-27(22)20-11-8-7-9-12-20)25(29)26(24(21)28)19-15-13-17(3)14-16-19/h7-9,11-16,18,21-23H,4-6,10H2,1-3H3/t18-,21-,22+,23+/m1/s1. The number of para-hydroxylation sites is 1. The summed E-state index contributed by atoms with van der Waals surface area (Å²) >= 11 is 0. The van der Waals surface area contributed by atoms with Gasteiger partial charge in [0.15, 0.2) is 6.10 Å². The Hall–Kier alpha value is -2.66. The maximum absolute atomic E-state index is 13.6. The Bertz CT molecular complexity index is 896. The molecule has 0 bridgehead atoms. The second-order valence-electron chi connectivity index (χ2n) is 8.36. The van der Waals surface area contributed by atoms with Crippen LogP contribution < -0.4 is 9.96 Å². The first-order chi connectivity index (χ1) is 14.6. The quantitative estimate of drug-likeness (QED) is 0.614. The van der Waals surface area contributed by atoms with Gasteiger partial charge in [0.05, 0.1) is 23.3 Å². The molecule has 2 heterocycles. The Kier molecular flexibility index (Phi) is 5.91. The van der Waals surface area contributed by atoms with Crippen molar-refractivity contribution in [3.63, 3.8) is 0 Å². The smallest absolute Gasteiger partial charge is 0.266 e. The molecule has 158 valence electrons. The predicted molar refractivity (Wildman–Crippen MR) is 118 cm³/mol. The van der Waals surface area contributed by atoms with Crippen molar-refractivity contribution in [3.05, 3.63) is 60.2 Å². The first-order valence-electron chi connectivity index (χ1n) is 11.0. The molecule has 30 heavy (non-hydrogen) atoms. The average molecular weight is 407 g/mol. The van der Waals surface area contributed by atoms with E-state index in [2.05, 4.69) is 13.8 Å². The predicted octanol–water partition coefficient (Wildman–Crippen LogP) is 4.89. The summed E-state index contributed by atoms with van der Waals surface area (Å²) < 4.78 is 0. The lowest BCUT2D eigenvalue weighted by atomic mass is 9.82. The van der Waals surface area contributed by atoms with E-state index in [1.54, 1.807) is 0 Å². The number of benzene rings is 2. The van der Waals surface area contributed by atoms with E-state index in [1.165, 1.54) is 4.90 Å². The van der Waals surface area contributed by atoms with Gasteiger partial charge in [-0.05, 0) is 43.5 Å². The number of carbonyl (C=O) groups is 2. The first kappa shape index (κ1) is 20.6. The number of carbonyl (C=O) groups excluding carboxylic acids is 2. The number of aryl methyl sites for hydroxylation is 1. The minimum absolute atomic E-state index is 0.146. The number of imide groups is 1. The molecule has 0 spiro atoms. The van der Waals surface area contributed by atoms with Gasteiger partial charge in [-0.15, -0.1) is 0 Å². The molecule has 0 saturated carbocycles. The molecule has 0 radical (unpaired) electrons. The van der Waals surface area contributed by atoms with Crippen LogP contribution in [-0.2, 0) is 14.4 Å². The highest BCUT2D eigenvalue weighted by atomic mass is 16.7. The van der Waals surface area contributed by atoms with Crippen molar-refractivity contribution >= 4 is 23.2 Å². The third kappa shape index (κ3) is 3.52. The van der Waals surface area contributed by atoms with Gasteiger partial charge >= 0.3 is 0 Å². The van der Waals surface area contributed by atoms with Gasteiger partial charge in [0, 0.05) is 0 Å². The monoisotopic (exact) mass is 406 g/mol. The molecule has 4 rings (SSSR count). The van der Waals surface area contributed by atoms with E-state index in [0.717, 1.165) is 36.9 Å². The third-order valence-electron chi connectivity index (χ3n) is 6.40. The van der Waals surface area contributed by atoms with E-state index in [-0.39, 0.29) is 23.8 Å². The zero-order valence-electron chi connectivity index (χ0n) is 18.0. The van der Waals surface area contributed by atoms with Crippen LogP contribution in [0.3, 0.4) is 0 Å². The Morgan fingerprint density at radius 3 is 2.27 bits per heavy atom. The number of hydrogen-bond acceptors (Lipinski definition) is 4. The number of nitrogens with zero attached hydrogens (tertiary/aromatic N) is 2. The van der Waals surface area contributed by atoms with Crippen LogP contribution in [0.15, 0.2) is 54.6 Å². The van der Waals surface area contributed by atoms with Crippen molar-refractivity contribution in [2.75, 3.05) is 9.96 Å². The fourth-order valence-corrected chi connectivity index (χ4v) is 4.77. The van der Waals surface area contributed by atoms with Crippen molar-refractivity contribution in [3.8, 4) is 0 Å². The van der Waals surface area contributed by atoms with Crippen LogP contribution in [0, 0.1) is 18.8 Å². The molecule has 0 aliphatic carbocycles. The number of hydrogen-bond donors (Lipinski definition) is 0. The highest BCUT2D eigenvalue weighted by molar-refractivity contribution is 6.23. The number of rotatable bonds is 7. The number of fused-ring (bicyclic) bond motifs is 1. The van der Waals surface area contributed by atoms with Crippen LogP contribution >= 0.6 is 0 Å². The normalized spacial score (nSPS) is 24.4. The third-order valence-corrected chi connectivity index (χ3v) is 6.40. The van der Waals surface area contributed by atoms with Crippen molar-refractivity contribution in [1.82, 2.24) is 0 Å². The molecular weight excluding hydrogens is 376 g/mol. The number of amides is 2. The molecule has 0 N–H and O–H groups in total. The van der Waals surface area contributed by atoms with Crippen molar-refractivity contribution in [2.24, 2.45) is 11.8 Å². The minimum atomic E-state index is -0.764. The van der Waals surface area contributed by atoms with Crippen molar-refractivity contribution in [1.29, 1.82) is 0 Å². The van der Waals surface area contributed by atoms with Crippen LogP contribution in [0.1, 0.15) is 45.1 Å². The van der Waals surface area contributed by atoms with Crippen LogP contribution in [0.4, 0.5) is 11.4 Å². The van der Waals surface area contributed by atoms with Gasteiger partial charge in [-0.1, -0.05) is 69.0 Å². The molecule has 4 atom stereocenters. The lowest BCUT2D eigenvalue weighted by Gasteiger charge is -2.33. The lowest BCUT2D eigenvalue weighted by molar-refractivity contribution is -0.126. The SMILES string of the molecule is CCCC[C@@H](CC)[C@H]1[C@H]2C(=O)N(c3ccc(C)cc3)C(=O)[C@H]2ON1c1ccccc1. The topological polar surface area (TPSA) is 49.9 Å². The highest BCUT2D eigenvalue weighted by Gasteiger charge is 2.61. The molecule has 2 aliphatic heterocycles. The van der Waals surface area contributed by atoms with Gasteiger partial charge in [-0.3, -0.25) is 14.4 Å². The highest BCUT2D eigenvalue weighted by Crippen LogP contribution is 2.44. The lowest BCUT2D eigenvalue weighted by Crippen LogP contribution is -2.44. The Labute approximate surface area is 178 Å². The summed E-state index contributed by atoms with van der Waals surface area (Å²) in [6, 6.07) is 17.2. The first-order valence-corrected chi connectivity index (χ1v) is 11.0. The summed E-state index contributed by atoms with van der Waals surface area (Å²) in [5.74, 6) is -0.620. The van der Waals surface area contributed by atoms with E-state index in [9.17, 15) is 9.59 Å². The van der Waals surface area contributed by atoms with Crippen LogP contribution in [0.2, 0.25) is 0 Å². The summed E-state index contributed by atoms with van der Waals surface area (Å²) in [7, 11) is 0. The molecule has 2 aromatic rings. The molecule has 2 amide bonds. The van der Waals surface area contributed by atoms with Gasteiger partial charge in [0.25, 0.3) is 5.91 Å². The number of anilines is 2. The summed E-state index contributed by atoms with van der Waals surface area (Å²) in [5, 5.41) is 1.85. The Morgan fingerprint density at radius 2 is 1.63 bits per heavy atom. The number of unbranched alkanes of at least 4 members (excludes halogenated alkanes) is 1. The molecule has 2 saturated heterocycles. The van der Waals surface area contributed by atoms with Crippen LogP contribution in [0.5, 0.6) is 0 Å². The Balaban J connectivity index is 1.71. The second kappa shape index (κ2) is 8.60. The zero-order valence-corrected chi connectivity index (χ0v) is 18.0. The fraction of sp³-hybridized carbons (Fsp3) is 0.440. The molecule has 5 nitrogen and oxygen atoms in total. The largest absolute Gasteiger partial charge is 0.273 e. The Morgan fingerprint density at radius 1 is 0.933 bits per heavy atom. The molecule has 0 unspecified atom stereocenters. The van der Waals surface area contributed by atoms with Gasteiger partial charge < -0.3 is 0 Å². The van der Waals surface area contributed by atoms with E-state index >= 15 is 0 Å². The van der Waals surface area contributed by atoms with Gasteiger partial charge in [-0.2, -0.15) is 0 Å². The van der Waals surface area contributed by atoms with E-state index in [1.807, 2.05) is 66.6 Å². The zero-order chi connectivity index (χ0) is 21.3. The molecule has 2 fully saturated rings. The summed E-state index contributed by atoms with van der Waals surface area (Å²) in [6.45, 7) is 6.33. The van der Waals surface area contributed by atoms with Crippen molar-refractivity contribution in [2.45, 2.75) is 58.6 Å². The van der Waals surface area contributed by atoms with Crippen LogP contribution in [0.25, 0.3) is 0 Å². The second-order valence-corrected chi connectivity index (χ2v) is 8.36. The maximum atomic E-state index is 13.6. The average Bonchev–Trinajstić information content (AvgIpc) is 3.27. The molecule has 5 heteroatoms. The van der Waals surface area contributed by atoms with Gasteiger partial charge in [0.1, 0.15) is 0 Å². The van der Waals surface area contributed by atoms with E-state index in [4.69, 9.17) is 4.84 Å². The van der Waals surface area contributed by atoms with Gasteiger partial charge in [0.2, 0.25) is 5.91 Å². The van der Waals surface area contributed by atoms with Crippen LogP contribution in [-0.4, -0.2) is 24.0 Å². The van der Waals surface area contributed by atoms with Crippen molar-refractivity contribution < 1.29 is 14.4 Å². The molecule has 2 aliphatic rings. The molecular formula is C25H30N2O3. The summed E-state index contributed by atoms with van der Waals surface area (Å²) in [5.41, 5.74) is 2.61. The summed E-state index contributed by atoms with van der Waals surface area (Å²) in [6.07, 6.45) is 3.39. The summed E-state index contributed by atoms with van der Waals surface area (Å²) in [4.78, 5) is 34.4. The van der Waals surface area contributed by atoms with E-state index < -0.39 is 12.0 Å².